The highest BCUT2D eigenvalue weighted by Crippen LogP contribution is 2.44. The molecule has 1 atom stereocenters. The zero-order valence-electron chi connectivity index (χ0n) is 7.88. The van der Waals surface area contributed by atoms with Crippen LogP contribution in [0.15, 0.2) is 12.1 Å². The van der Waals surface area contributed by atoms with Crippen molar-refractivity contribution in [2.45, 2.75) is 25.4 Å². The van der Waals surface area contributed by atoms with Crippen LogP contribution in [0, 0.1) is 0 Å². The SMILES string of the molecule is CN1Cc2cc(N)cc3c2C1CC3. The minimum atomic E-state index is 0.686. The number of aryl methyl sites for hydroxylation is 1. The van der Waals surface area contributed by atoms with Crippen LogP contribution in [0.1, 0.15) is 29.2 Å². The van der Waals surface area contributed by atoms with Crippen molar-refractivity contribution in [1.82, 2.24) is 4.90 Å². The first-order chi connectivity index (χ1) is 6.25. The van der Waals surface area contributed by atoms with E-state index in [1.54, 1.807) is 5.56 Å². The van der Waals surface area contributed by atoms with Gasteiger partial charge in [-0.3, -0.25) is 4.90 Å². The van der Waals surface area contributed by atoms with Crippen molar-refractivity contribution in [2.75, 3.05) is 12.8 Å². The number of nitrogens with two attached hydrogens (primary N) is 1. The number of hydrogen-bond donors (Lipinski definition) is 1. The average Bonchev–Trinajstić information content (AvgIpc) is 2.58. The van der Waals surface area contributed by atoms with Gasteiger partial charge in [0.05, 0.1) is 0 Å². The Morgan fingerprint density at radius 1 is 1.38 bits per heavy atom. The second kappa shape index (κ2) is 2.26. The Morgan fingerprint density at radius 3 is 3.00 bits per heavy atom. The smallest absolute Gasteiger partial charge is 0.0357 e. The van der Waals surface area contributed by atoms with Crippen LogP contribution in [0.5, 0.6) is 0 Å². The minimum absolute atomic E-state index is 0.686. The molecule has 68 valence electrons. The molecule has 13 heavy (non-hydrogen) atoms. The van der Waals surface area contributed by atoms with Crippen LogP contribution in [-0.2, 0) is 13.0 Å². The molecule has 2 nitrogen and oxygen atoms in total. The van der Waals surface area contributed by atoms with E-state index in [1.807, 2.05) is 0 Å². The van der Waals surface area contributed by atoms with Crippen LogP contribution in [0.3, 0.4) is 0 Å². The molecule has 1 unspecified atom stereocenters. The zero-order valence-corrected chi connectivity index (χ0v) is 7.88. The van der Waals surface area contributed by atoms with E-state index in [2.05, 4.69) is 24.1 Å². The zero-order chi connectivity index (χ0) is 9.00. The molecular weight excluding hydrogens is 160 g/mol. The summed E-state index contributed by atoms with van der Waals surface area (Å²) >= 11 is 0. The fourth-order valence-corrected chi connectivity index (χ4v) is 2.83. The van der Waals surface area contributed by atoms with Gasteiger partial charge in [0.15, 0.2) is 0 Å². The third-order valence-corrected chi connectivity index (χ3v) is 3.35. The highest BCUT2D eigenvalue weighted by Gasteiger charge is 2.33. The van der Waals surface area contributed by atoms with E-state index in [0.29, 0.717) is 6.04 Å². The Kier molecular flexibility index (Phi) is 1.29. The monoisotopic (exact) mass is 174 g/mol. The van der Waals surface area contributed by atoms with Gasteiger partial charge < -0.3 is 5.73 Å². The maximum Gasteiger partial charge on any atom is 0.0357 e. The molecule has 0 radical (unpaired) electrons. The first-order valence-electron chi connectivity index (χ1n) is 4.87. The summed E-state index contributed by atoms with van der Waals surface area (Å²) in [5, 5.41) is 0. The minimum Gasteiger partial charge on any atom is -0.399 e. The molecule has 1 heterocycles. The molecule has 2 aliphatic rings. The van der Waals surface area contributed by atoms with Crippen molar-refractivity contribution < 1.29 is 0 Å². The molecule has 1 aliphatic heterocycles. The van der Waals surface area contributed by atoms with Crippen LogP contribution in [0.4, 0.5) is 5.69 Å². The standard InChI is InChI=1S/C11H14N2/c1-13-6-8-5-9(12)4-7-2-3-10(13)11(7)8/h4-5,10H,2-3,6,12H2,1H3. The summed E-state index contributed by atoms with van der Waals surface area (Å²) in [6.45, 7) is 1.08. The molecule has 1 aromatic rings. The predicted molar refractivity (Wildman–Crippen MR) is 53.4 cm³/mol. The van der Waals surface area contributed by atoms with Crippen LogP contribution >= 0.6 is 0 Å². The number of nitrogen functional groups attached to an aromatic ring is 1. The highest BCUT2D eigenvalue weighted by atomic mass is 15.1. The lowest BCUT2D eigenvalue weighted by Gasteiger charge is -2.15. The van der Waals surface area contributed by atoms with Gasteiger partial charge in [0, 0.05) is 18.3 Å². The first kappa shape index (κ1) is 7.39. The summed E-state index contributed by atoms with van der Waals surface area (Å²) < 4.78 is 0. The molecular formula is C11H14N2. The van der Waals surface area contributed by atoms with E-state index < -0.39 is 0 Å². The number of nitrogens with zero attached hydrogens (tertiary/aromatic N) is 1. The maximum absolute atomic E-state index is 5.85. The van der Waals surface area contributed by atoms with Crippen molar-refractivity contribution in [3.63, 3.8) is 0 Å². The van der Waals surface area contributed by atoms with Gasteiger partial charge in [-0.25, -0.2) is 0 Å². The predicted octanol–water partition coefficient (Wildman–Crippen LogP) is 1.70. The van der Waals surface area contributed by atoms with Crippen LogP contribution in [0.2, 0.25) is 0 Å². The molecule has 0 bridgehead atoms. The first-order valence-corrected chi connectivity index (χ1v) is 4.87. The average molecular weight is 174 g/mol. The second-order valence-corrected chi connectivity index (χ2v) is 4.22. The highest BCUT2D eigenvalue weighted by molar-refractivity contribution is 5.54. The van der Waals surface area contributed by atoms with Crippen molar-refractivity contribution in [2.24, 2.45) is 0 Å². The van der Waals surface area contributed by atoms with Gasteiger partial charge in [0.2, 0.25) is 0 Å². The van der Waals surface area contributed by atoms with Crippen LogP contribution in [0.25, 0.3) is 0 Å². The van der Waals surface area contributed by atoms with Crippen LogP contribution < -0.4 is 5.73 Å². The number of rotatable bonds is 0. The Hall–Kier alpha value is -1.02. The van der Waals surface area contributed by atoms with Gasteiger partial charge in [-0.05, 0) is 48.7 Å². The van der Waals surface area contributed by atoms with E-state index in [4.69, 9.17) is 5.73 Å². The summed E-state index contributed by atoms with van der Waals surface area (Å²) in [6, 6.07) is 4.98. The molecule has 0 aromatic heterocycles. The summed E-state index contributed by atoms with van der Waals surface area (Å²) in [4.78, 5) is 2.43. The summed E-state index contributed by atoms with van der Waals surface area (Å²) in [6.07, 6.45) is 2.49. The Balaban J connectivity index is 2.24. The van der Waals surface area contributed by atoms with Crippen molar-refractivity contribution >= 4 is 5.69 Å². The van der Waals surface area contributed by atoms with E-state index >= 15 is 0 Å². The number of benzene rings is 1. The third-order valence-electron chi connectivity index (χ3n) is 3.35. The quantitative estimate of drug-likeness (QED) is 0.606. The molecule has 1 aromatic carbocycles. The van der Waals surface area contributed by atoms with E-state index in [1.165, 1.54) is 24.0 Å². The molecule has 0 saturated carbocycles. The molecule has 2 N–H and O–H groups in total. The summed E-state index contributed by atoms with van der Waals surface area (Å²) in [7, 11) is 2.20. The van der Waals surface area contributed by atoms with E-state index in [0.717, 1.165) is 12.2 Å². The second-order valence-electron chi connectivity index (χ2n) is 4.22. The Morgan fingerprint density at radius 2 is 2.15 bits per heavy atom. The van der Waals surface area contributed by atoms with Crippen molar-refractivity contribution in [1.29, 1.82) is 0 Å². The fourth-order valence-electron chi connectivity index (χ4n) is 2.83. The van der Waals surface area contributed by atoms with Crippen LogP contribution in [-0.4, -0.2) is 11.9 Å². The summed E-state index contributed by atoms with van der Waals surface area (Å²) in [5.74, 6) is 0. The van der Waals surface area contributed by atoms with Crippen molar-refractivity contribution in [3.8, 4) is 0 Å². The topological polar surface area (TPSA) is 29.3 Å². The lowest BCUT2D eigenvalue weighted by Crippen LogP contribution is -2.14. The van der Waals surface area contributed by atoms with Gasteiger partial charge >= 0.3 is 0 Å². The third kappa shape index (κ3) is 0.866. The fraction of sp³-hybridized carbons (Fsp3) is 0.455. The number of anilines is 1. The molecule has 2 heteroatoms. The lowest BCUT2D eigenvalue weighted by atomic mass is 10.0. The van der Waals surface area contributed by atoms with Gasteiger partial charge in [-0.15, -0.1) is 0 Å². The van der Waals surface area contributed by atoms with Gasteiger partial charge in [-0.1, -0.05) is 0 Å². The molecule has 3 rings (SSSR count). The molecule has 0 amide bonds. The molecule has 1 aliphatic carbocycles. The molecule has 0 fully saturated rings. The molecule has 0 saturated heterocycles. The maximum atomic E-state index is 5.85. The van der Waals surface area contributed by atoms with Gasteiger partial charge in [-0.2, -0.15) is 0 Å². The normalized spacial score (nSPS) is 25.2. The van der Waals surface area contributed by atoms with E-state index in [9.17, 15) is 0 Å². The Bertz CT molecular complexity index is 371. The molecule has 0 spiro atoms. The summed E-state index contributed by atoms with van der Waals surface area (Å²) in [5.41, 5.74) is 11.3. The van der Waals surface area contributed by atoms with Gasteiger partial charge in [0.25, 0.3) is 0 Å². The lowest BCUT2D eigenvalue weighted by molar-refractivity contribution is 0.266. The van der Waals surface area contributed by atoms with Crippen molar-refractivity contribution in [3.05, 3.63) is 28.8 Å². The van der Waals surface area contributed by atoms with Gasteiger partial charge in [0.1, 0.15) is 0 Å². The largest absolute Gasteiger partial charge is 0.399 e. The number of hydrogen-bond acceptors (Lipinski definition) is 2. The Labute approximate surface area is 78.3 Å². The van der Waals surface area contributed by atoms with E-state index in [-0.39, 0.29) is 0 Å².